The fraction of sp³-hybridized carbons (Fsp3) is 0.211. The Morgan fingerprint density at radius 1 is 0.889 bits per heavy atom. The Hall–Kier alpha value is -2.74. The summed E-state index contributed by atoms with van der Waals surface area (Å²) in [5, 5.41) is 10.2. The molecule has 0 aliphatic carbocycles. The number of aromatic nitrogens is 2. The van der Waals surface area contributed by atoms with Crippen molar-refractivity contribution in [1.29, 1.82) is 0 Å². The van der Waals surface area contributed by atoms with E-state index in [1.54, 1.807) is 0 Å². The molecule has 1 aromatic heterocycles. The molecular weight excluding hydrogens is 367 g/mol. The van der Waals surface area contributed by atoms with Gasteiger partial charge in [-0.15, -0.1) is 0 Å². The number of imidazole rings is 1. The molecule has 0 saturated heterocycles. The third kappa shape index (κ3) is 3.44. The van der Waals surface area contributed by atoms with E-state index in [2.05, 4.69) is 9.97 Å². The van der Waals surface area contributed by atoms with Gasteiger partial charge in [-0.3, -0.25) is 0 Å². The van der Waals surface area contributed by atoms with Crippen LogP contribution in [0.4, 0.5) is 22.0 Å². The highest BCUT2D eigenvalue weighted by molar-refractivity contribution is 5.78. The van der Waals surface area contributed by atoms with Crippen LogP contribution in [0.15, 0.2) is 48.5 Å². The standard InChI is InChI=1S/C19H15F5N2O/c1-2-18(27,19(22,23)24)17-25-15(11-3-7-13(20)8-4-11)16(26-17)12-5-9-14(21)10-6-12/h3-10,27H,2H2,1H3,(H,25,26). The van der Waals surface area contributed by atoms with E-state index in [4.69, 9.17) is 0 Å². The number of halogens is 5. The van der Waals surface area contributed by atoms with Crippen molar-refractivity contribution >= 4 is 0 Å². The Kier molecular flexibility index (Phi) is 4.77. The first-order valence-electron chi connectivity index (χ1n) is 8.07. The Labute approximate surface area is 151 Å². The molecule has 2 N–H and O–H groups in total. The molecule has 142 valence electrons. The van der Waals surface area contributed by atoms with Gasteiger partial charge in [0.05, 0.1) is 11.4 Å². The molecule has 0 radical (unpaired) electrons. The number of hydrogen-bond donors (Lipinski definition) is 2. The van der Waals surface area contributed by atoms with Crippen molar-refractivity contribution in [2.75, 3.05) is 0 Å². The van der Waals surface area contributed by atoms with Gasteiger partial charge >= 0.3 is 6.18 Å². The minimum atomic E-state index is -4.96. The van der Waals surface area contributed by atoms with Crippen LogP contribution in [0.1, 0.15) is 19.2 Å². The van der Waals surface area contributed by atoms with E-state index < -0.39 is 35.7 Å². The molecule has 8 heteroatoms. The van der Waals surface area contributed by atoms with Gasteiger partial charge in [0, 0.05) is 11.1 Å². The molecule has 1 atom stereocenters. The van der Waals surface area contributed by atoms with Crippen molar-refractivity contribution < 1.29 is 27.1 Å². The molecular formula is C19H15F5N2O. The molecule has 1 unspecified atom stereocenters. The van der Waals surface area contributed by atoms with Gasteiger partial charge < -0.3 is 10.1 Å². The van der Waals surface area contributed by atoms with Crippen molar-refractivity contribution in [2.24, 2.45) is 0 Å². The van der Waals surface area contributed by atoms with Crippen LogP contribution in [0, 0.1) is 11.6 Å². The molecule has 0 amide bonds. The van der Waals surface area contributed by atoms with Gasteiger partial charge in [0.25, 0.3) is 0 Å². The second kappa shape index (κ2) is 6.77. The smallest absolute Gasteiger partial charge is 0.374 e. The van der Waals surface area contributed by atoms with Gasteiger partial charge in [-0.25, -0.2) is 13.8 Å². The van der Waals surface area contributed by atoms with E-state index in [1.807, 2.05) is 0 Å². The van der Waals surface area contributed by atoms with Gasteiger partial charge in [-0.1, -0.05) is 6.92 Å². The number of alkyl halides is 3. The number of nitrogens with zero attached hydrogens (tertiary/aromatic N) is 1. The Morgan fingerprint density at radius 3 is 1.81 bits per heavy atom. The maximum atomic E-state index is 13.4. The minimum Gasteiger partial charge on any atom is -0.374 e. The van der Waals surface area contributed by atoms with E-state index in [9.17, 15) is 27.1 Å². The van der Waals surface area contributed by atoms with E-state index in [0.717, 1.165) is 24.3 Å². The molecule has 27 heavy (non-hydrogen) atoms. The molecule has 0 saturated carbocycles. The zero-order chi connectivity index (χ0) is 19.8. The topological polar surface area (TPSA) is 48.9 Å². The molecule has 0 bridgehead atoms. The maximum absolute atomic E-state index is 13.4. The predicted octanol–water partition coefficient (Wildman–Crippen LogP) is 5.18. The van der Waals surface area contributed by atoms with E-state index >= 15 is 0 Å². The van der Waals surface area contributed by atoms with Crippen LogP contribution in [0.2, 0.25) is 0 Å². The summed E-state index contributed by atoms with van der Waals surface area (Å²) >= 11 is 0. The van der Waals surface area contributed by atoms with Crippen LogP contribution in [-0.2, 0) is 5.60 Å². The Balaban J connectivity index is 2.23. The molecule has 3 rings (SSSR count). The van der Waals surface area contributed by atoms with Gasteiger partial charge in [0.15, 0.2) is 0 Å². The van der Waals surface area contributed by atoms with E-state index in [0.29, 0.717) is 11.1 Å². The van der Waals surface area contributed by atoms with E-state index in [-0.39, 0.29) is 11.4 Å². The number of hydrogen-bond acceptors (Lipinski definition) is 2. The largest absolute Gasteiger partial charge is 0.424 e. The van der Waals surface area contributed by atoms with Crippen molar-refractivity contribution in [3.05, 3.63) is 66.0 Å². The monoisotopic (exact) mass is 382 g/mol. The molecule has 3 nitrogen and oxygen atoms in total. The highest BCUT2D eigenvalue weighted by Gasteiger charge is 2.56. The number of aliphatic hydroxyl groups is 1. The van der Waals surface area contributed by atoms with Crippen molar-refractivity contribution in [3.8, 4) is 22.5 Å². The lowest BCUT2D eigenvalue weighted by molar-refractivity contribution is -0.270. The molecule has 0 aliphatic rings. The molecule has 0 spiro atoms. The number of H-pyrrole nitrogens is 1. The third-order valence-corrected chi connectivity index (χ3v) is 4.33. The first-order valence-corrected chi connectivity index (χ1v) is 8.07. The molecule has 2 aromatic carbocycles. The predicted molar refractivity (Wildman–Crippen MR) is 89.6 cm³/mol. The van der Waals surface area contributed by atoms with Gasteiger partial charge in [-0.2, -0.15) is 13.2 Å². The summed E-state index contributed by atoms with van der Waals surface area (Å²) in [4.78, 5) is 6.51. The van der Waals surface area contributed by atoms with Crippen molar-refractivity contribution in [1.82, 2.24) is 9.97 Å². The van der Waals surface area contributed by atoms with Crippen LogP contribution in [0.5, 0.6) is 0 Å². The first kappa shape index (κ1) is 19.0. The normalized spacial score (nSPS) is 14.2. The van der Waals surface area contributed by atoms with Crippen LogP contribution in [0.25, 0.3) is 22.5 Å². The average molecular weight is 382 g/mol. The lowest BCUT2D eigenvalue weighted by atomic mass is 9.99. The zero-order valence-corrected chi connectivity index (χ0v) is 14.1. The van der Waals surface area contributed by atoms with Crippen molar-refractivity contribution in [3.63, 3.8) is 0 Å². The lowest BCUT2D eigenvalue weighted by Gasteiger charge is -2.27. The molecule has 1 heterocycles. The number of benzene rings is 2. The second-order valence-corrected chi connectivity index (χ2v) is 6.03. The third-order valence-electron chi connectivity index (χ3n) is 4.33. The Morgan fingerprint density at radius 2 is 1.37 bits per heavy atom. The second-order valence-electron chi connectivity index (χ2n) is 6.03. The quantitative estimate of drug-likeness (QED) is 0.611. The van der Waals surface area contributed by atoms with Crippen molar-refractivity contribution in [2.45, 2.75) is 25.1 Å². The van der Waals surface area contributed by atoms with Crippen LogP contribution in [-0.4, -0.2) is 21.3 Å². The van der Waals surface area contributed by atoms with Gasteiger partial charge in [0.1, 0.15) is 17.5 Å². The van der Waals surface area contributed by atoms with Crippen LogP contribution >= 0.6 is 0 Å². The van der Waals surface area contributed by atoms with Gasteiger partial charge in [-0.05, 0) is 55.0 Å². The summed E-state index contributed by atoms with van der Waals surface area (Å²) in [5.74, 6) is -1.71. The fourth-order valence-electron chi connectivity index (χ4n) is 2.71. The summed E-state index contributed by atoms with van der Waals surface area (Å²) in [5.41, 5.74) is -2.21. The molecule has 0 fully saturated rings. The number of rotatable bonds is 4. The van der Waals surface area contributed by atoms with Crippen LogP contribution in [0.3, 0.4) is 0 Å². The maximum Gasteiger partial charge on any atom is 0.424 e. The van der Waals surface area contributed by atoms with Gasteiger partial charge in [0.2, 0.25) is 5.60 Å². The summed E-state index contributed by atoms with van der Waals surface area (Å²) in [6, 6.07) is 10.1. The summed E-state index contributed by atoms with van der Waals surface area (Å²) in [6.07, 6.45) is -5.62. The summed E-state index contributed by atoms with van der Waals surface area (Å²) in [6.45, 7) is 1.19. The molecule has 0 aliphatic heterocycles. The average Bonchev–Trinajstić information content (AvgIpc) is 3.07. The lowest BCUT2D eigenvalue weighted by Crippen LogP contribution is -2.42. The Bertz CT molecular complexity index is 869. The first-order chi connectivity index (χ1) is 12.7. The highest BCUT2D eigenvalue weighted by atomic mass is 19.4. The molecule has 3 aromatic rings. The fourth-order valence-corrected chi connectivity index (χ4v) is 2.71. The van der Waals surface area contributed by atoms with E-state index in [1.165, 1.54) is 31.2 Å². The summed E-state index contributed by atoms with van der Waals surface area (Å²) < 4.78 is 66.7. The zero-order valence-electron chi connectivity index (χ0n) is 14.1. The summed E-state index contributed by atoms with van der Waals surface area (Å²) in [7, 11) is 0. The number of nitrogens with one attached hydrogen (secondary N) is 1. The highest BCUT2D eigenvalue weighted by Crippen LogP contribution is 2.42. The minimum absolute atomic E-state index is 0.0905. The SMILES string of the molecule is CCC(O)(c1nc(-c2ccc(F)cc2)c(-c2ccc(F)cc2)[nH]1)C(F)(F)F. The number of aromatic amines is 1. The van der Waals surface area contributed by atoms with Crippen LogP contribution < -0.4 is 0 Å².